The van der Waals surface area contributed by atoms with Gasteiger partial charge < -0.3 is 15.0 Å². The lowest BCUT2D eigenvalue weighted by Gasteiger charge is -2.31. The maximum Gasteiger partial charge on any atom is 0.410 e. The molecule has 2 heterocycles. The summed E-state index contributed by atoms with van der Waals surface area (Å²) in [4.78, 5) is 13.8. The van der Waals surface area contributed by atoms with Gasteiger partial charge in [0.15, 0.2) is 0 Å². The van der Waals surface area contributed by atoms with Crippen LogP contribution in [0.1, 0.15) is 52.1 Å². The van der Waals surface area contributed by atoms with Crippen LogP contribution in [0.2, 0.25) is 0 Å². The second-order valence-corrected chi connectivity index (χ2v) is 9.82. The molecule has 1 atom stereocenters. The Balaban J connectivity index is 0.00000320. The summed E-state index contributed by atoms with van der Waals surface area (Å²) in [5.41, 5.74) is 3.85. The number of benzene rings is 1. The van der Waals surface area contributed by atoms with Crippen molar-refractivity contribution in [2.45, 2.75) is 58.6 Å². The van der Waals surface area contributed by atoms with Crippen molar-refractivity contribution in [3.05, 3.63) is 29.3 Å². The van der Waals surface area contributed by atoms with Crippen molar-refractivity contribution in [1.82, 2.24) is 9.21 Å². The van der Waals surface area contributed by atoms with Gasteiger partial charge in [-0.05, 0) is 75.1 Å². The van der Waals surface area contributed by atoms with E-state index >= 15 is 0 Å². The third kappa shape index (κ3) is 6.44. The molecule has 1 aromatic carbocycles. The molecule has 2 aliphatic heterocycles. The molecular formula is C22H37N3O3S. The van der Waals surface area contributed by atoms with Gasteiger partial charge in [-0.1, -0.05) is 6.07 Å². The first-order chi connectivity index (χ1) is 13.9. The summed E-state index contributed by atoms with van der Waals surface area (Å²) in [7, 11) is -0.892. The Morgan fingerprint density at radius 2 is 2.03 bits per heavy atom. The standard InChI is InChI=1S/C22H35N3O3S.H2/c1-17(2)28-22(26)24-12-8-18(9-13-24)5-4-11-23-21-7-6-20-16-25(29(3)27)14-10-19(20)15-21;/h6-7,15,17-18,23H,4-5,8-14,16H2,1-3H3;1H. The molecule has 0 radical (unpaired) electrons. The fraction of sp³-hybridized carbons (Fsp3) is 0.682. The highest BCUT2D eigenvalue weighted by atomic mass is 32.2. The Bertz CT molecular complexity index is 724. The van der Waals surface area contributed by atoms with Crippen LogP contribution < -0.4 is 5.32 Å². The summed E-state index contributed by atoms with van der Waals surface area (Å²) < 4.78 is 19.0. The van der Waals surface area contributed by atoms with Crippen LogP contribution in [0, 0.1) is 5.92 Å². The molecule has 1 fully saturated rings. The van der Waals surface area contributed by atoms with E-state index in [1.54, 1.807) is 6.26 Å². The lowest BCUT2D eigenvalue weighted by atomic mass is 9.92. The van der Waals surface area contributed by atoms with Crippen molar-refractivity contribution >= 4 is 22.8 Å². The van der Waals surface area contributed by atoms with Gasteiger partial charge in [0, 0.05) is 46.1 Å². The van der Waals surface area contributed by atoms with E-state index in [1.807, 2.05) is 23.1 Å². The fourth-order valence-corrected chi connectivity index (χ4v) is 4.83. The fourth-order valence-electron chi connectivity index (χ4n) is 4.16. The molecule has 0 spiro atoms. The Kier molecular flexibility index (Phi) is 7.95. The maximum atomic E-state index is 12.0. The van der Waals surface area contributed by atoms with E-state index in [1.165, 1.54) is 23.2 Å². The van der Waals surface area contributed by atoms with Gasteiger partial charge in [0.1, 0.15) is 0 Å². The van der Waals surface area contributed by atoms with E-state index in [0.29, 0.717) is 5.92 Å². The largest absolute Gasteiger partial charge is 0.447 e. The highest BCUT2D eigenvalue weighted by molar-refractivity contribution is 7.81. The summed E-state index contributed by atoms with van der Waals surface area (Å²) >= 11 is 0. The Morgan fingerprint density at radius 1 is 1.28 bits per heavy atom. The number of nitrogens with zero attached hydrogens (tertiary/aromatic N) is 2. The lowest BCUT2D eigenvalue weighted by Crippen LogP contribution is -2.39. The molecule has 7 heteroatoms. The Hall–Kier alpha value is -1.60. The number of carbonyl (C=O) groups is 1. The van der Waals surface area contributed by atoms with Crippen molar-refractivity contribution in [1.29, 1.82) is 0 Å². The number of piperidine rings is 1. The van der Waals surface area contributed by atoms with Gasteiger partial charge in [0.2, 0.25) is 0 Å². The van der Waals surface area contributed by atoms with E-state index in [9.17, 15) is 9.00 Å². The first kappa shape index (κ1) is 22.1. The van der Waals surface area contributed by atoms with Gasteiger partial charge in [-0.3, -0.25) is 0 Å². The smallest absolute Gasteiger partial charge is 0.410 e. The highest BCUT2D eigenvalue weighted by Crippen LogP contribution is 2.25. The van der Waals surface area contributed by atoms with Crippen molar-refractivity contribution < 1.29 is 15.2 Å². The zero-order valence-corrected chi connectivity index (χ0v) is 18.8. The van der Waals surface area contributed by atoms with Crippen LogP contribution in [0.3, 0.4) is 0 Å². The van der Waals surface area contributed by atoms with Crippen LogP contribution in [0.25, 0.3) is 0 Å². The van der Waals surface area contributed by atoms with Gasteiger partial charge in [-0.2, -0.15) is 0 Å². The third-order valence-electron chi connectivity index (χ3n) is 5.87. The molecule has 164 valence electrons. The molecule has 1 unspecified atom stereocenters. The quantitative estimate of drug-likeness (QED) is 0.673. The molecule has 6 nitrogen and oxygen atoms in total. The monoisotopic (exact) mass is 423 g/mol. The van der Waals surface area contributed by atoms with Crippen LogP contribution in [0.15, 0.2) is 18.2 Å². The summed E-state index contributed by atoms with van der Waals surface area (Å²) in [6, 6.07) is 6.56. The summed E-state index contributed by atoms with van der Waals surface area (Å²) in [6.45, 7) is 8.02. The predicted octanol–water partition coefficient (Wildman–Crippen LogP) is 4.03. The highest BCUT2D eigenvalue weighted by Gasteiger charge is 2.24. The summed E-state index contributed by atoms with van der Waals surface area (Å²) in [5, 5.41) is 3.56. The van der Waals surface area contributed by atoms with Gasteiger partial charge >= 0.3 is 6.09 Å². The molecule has 0 aromatic heterocycles. The maximum absolute atomic E-state index is 12.0. The normalized spacial score (nSPS) is 19.1. The Labute approximate surface area is 179 Å². The average molecular weight is 424 g/mol. The zero-order valence-electron chi connectivity index (χ0n) is 18.0. The lowest BCUT2D eigenvalue weighted by molar-refractivity contribution is 0.0647. The number of rotatable bonds is 7. The minimum atomic E-state index is -0.892. The predicted molar refractivity (Wildman–Crippen MR) is 120 cm³/mol. The molecule has 2 aliphatic rings. The molecule has 0 saturated carbocycles. The number of ether oxygens (including phenoxy) is 1. The number of anilines is 1. The number of hydrogen-bond donors (Lipinski definition) is 1. The van der Waals surface area contributed by atoms with Crippen LogP contribution in [0.4, 0.5) is 10.5 Å². The van der Waals surface area contributed by atoms with Gasteiger partial charge in [-0.15, -0.1) is 0 Å². The van der Waals surface area contributed by atoms with E-state index in [0.717, 1.165) is 58.4 Å². The molecule has 1 aromatic rings. The van der Waals surface area contributed by atoms with Crippen molar-refractivity contribution in [3.63, 3.8) is 0 Å². The van der Waals surface area contributed by atoms with Crippen LogP contribution in [-0.4, -0.2) is 58.0 Å². The minimum absolute atomic E-state index is 0. The third-order valence-corrected chi connectivity index (χ3v) is 6.91. The number of likely N-dealkylation sites (tertiary alicyclic amines) is 1. The van der Waals surface area contributed by atoms with E-state index in [4.69, 9.17) is 4.74 Å². The number of carbonyl (C=O) groups excluding carboxylic acids is 1. The van der Waals surface area contributed by atoms with Gasteiger partial charge in [-0.25, -0.2) is 13.3 Å². The topological polar surface area (TPSA) is 61.9 Å². The van der Waals surface area contributed by atoms with Crippen LogP contribution in [-0.2, 0) is 28.7 Å². The zero-order chi connectivity index (χ0) is 20.8. The summed E-state index contributed by atoms with van der Waals surface area (Å²) in [5.74, 6) is 0.698. The van der Waals surface area contributed by atoms with Crippen molar-refractivity contribution in [3.8, 4) is 0 Å². The number of nitrogens with one attached hydrogen (secondary N) is 1. The number of hydrogen-bond acceptors (Lipinski definition) is 4. The molecular weight excluding hydrogens is 386 g/mol. The molecule has 29 heavy (non-hydrogen) atoms. The van der Waals surface area contributed by atoms with Crippen LogP contribution >= 0.6 is 0 Å². The van der Waals surface area contributed by atoms with Crippen molar-refractivity contribution in [2.75, 3.05) is 37.8 Å². The second-order valence-electron chi connectivity index (χ2n) is 8.45. The van der Waals surface area contributed by atoms with E-state index in [-0.39, 0.29) is 13.6 Å². The van der Waals surface area contributed by atoms with E-state index < -0.39 is 11.0 Å². The van der Waals surface area contributed by atoms with Gasteiger partial charge in [0.05, 0.1) is 17.1 Å². The molecule has 1 N–H and O–H groups in total. The van der Waals surface area contributed by atoms with Gasteiger partial charge in [0.25, 0.3) is 0 Å². The molecule has 0 bridgehead atoms. The number of fused-ring (bicyclic) bond motifs is 1. The van der Waals surface area contributed by atoms with Crippen molar-refractivity contribution in [2.24, 2.45) is 5.92 Å². The van der Waals surface area contributed by atoms with Crippen LogP contribution in [0.5, 0.6) is 0 Å². The molecule has 1 saturated heterocycles. The SMILES string of the molecule is CC(C)OC(=O)N1CCC(CCCNc2ccc3c(c2)CCN(S(C)=O)C3)CC1.[HH]. The molecule has 0 aliphatic carbocycles. The summed E-state index contributed by atoms with van der Waals surface area (Å²) in [6.07, 6.45) is 6.97. The molecule has 3 rings (SSSR count). The second kappa shape index (κ2) is 10.4. The first-order valence-corrected chi connectivity index (χ1v) is 12.3. The van der Waals surface area contributed by atoms with E-state index in [2.05, 4.69) is 23.5 Å². The minimum Gasteiger partial charge on any atom is -0.447 e. The molecule has 1 amide bonds. The Morgan fingerprint density at radius 3 is 2.72 bits per heavy atom. The average Bonchev–Trinajstić information content (AvgIpc) is 2.70. The number of amides is 1. The first-order valence-electron chi connectivity index (χ1n) is 10.8.